The fourth-order valence-corrected chi connectivity index (χ4v) is 2.09. The summed E-state index contributed by atoms with van der Waals surface area (Å²) in [5.41, 5.74) is 1.51. The molecule has 0 atom stereocenters. The molecule has 0 spiro atoms. The van der Waals surface area contributed by atoms with Crippen molar-refractivity contribution in [2.75, 3.05) is 0 Å². The quantitative estimate of drug-likeness (QED) is 0.729. The maximum atomic E-state index is 13.1. The molecule has 0 aromatic heterocycles. The molecular formula is C16H12F3N. The van der Waals surface area contributed by atoms with Gasteiger partial charge in [0.25, 0.3) is 0 Å². The first-order valence-electron chi connectivity index (χ1n) is 6.02. The summed E-state index contributed by atoms with van der Waals surface area (Å²) >= 11 is 0. The molecule has 0 aliphatic carbocycles. The molecule has 1 nitrogen and oxygen atoms in total. The van der Waals surface area contributed by atoms with Crippen LogP contribution in [0.25, 0.3) is 11.1 Å². The van der Waals surface area contributed by atoms with E-state index in [0.717, 1.165) is 17.2 Å². The van der Waals surface area contributed by atoms with E-state index >= 15 is 0 Å². The summed E-state index contributed by atoms with van der Waals surface area (Å²) in [5, 5.41) is 9.08. The van der Waals surface area contributed by atoms with Crippen LogP contribution in [0.4, 0.5) is 13.2 Å². The molecule has 102 valence electrons. The Hall–Kier alpha value is -2.28. The summed E-state index contributed by atoms with van der Waals surface area (Å²) in [6.07, 6.45) is -4.49. The first-order valence-corrected chi connectivity index (χ1v) is 6.02. The molecule has 0 saturated heterocycles. The van der Waals surface area contributed by atoms with Crippen LogP contribution in [0, 0.1) is 25.2 Å². The number of nitriles is 1. The number of aryl methyl sites for hydroxylation is 2. The lowest BCUT2D eigenvalue weighted by molar-refractivity contribution is -0.137. The second kappa shape index (κ2) is 5.01. The third-order valence-corrected chi connectivity index (χ3v) is 3.29. The Bertz CT molecular complexity index is 694. The van der Waals surface area contributed by atoms with E-state index in [1.165, 1.54) is 12.1 Å². The van der Waals surface area contributed by atoms with E-state index in [0.29, 0.717) is 5.56 Å². The largest absolute Gasteiger partial charge is 0.417 e. The van der Waals surface area contributed by atoms with E-state index < -0.39 is 11.7 Å². The summed E-state index contributed by atoms with van der Waals surface area (Å²) in [7, 11) is 0. The van der Waals surface area contributed by atoms with E-state index in [1.54, 1.807) is 18.2 Å². The first-order chi connectivity index (χ1) is 9.34. The van der Waals surface area contributed by atoms with Gasteiger partial charge in [-0.05, 0) is 42.7 Å². The van der Waals surface area contributed by atoms with Gasteiger partial charge in [0.2, 0.25) is 0 Å². The van der Waals surface area contributed by atoms with Gasteiger partial charge in [0, 0.05) is 5.56 Å². The Morgan fingerprint density at radius 1 is 1.00 bits per heavy atom. The molecule has 0 heterocycles. The lowest BCUT2D eigenvalue weighted by Crippen LogP contribution is -2.08. The van der Waals surface area contributed by atoms with E-state index in [9.17, 15) is 13.2 Å². The highest BCUT2D eigenvalue weighted by molar-refractivity contribution is 5.75. The second-order valence-corrected chi connectivity index (χ2v) is 4.64. The van der Waals surface area contributed by atoms with E-state index in [-0.39, 0.29) is 11.1 Å². The van der Waals surface area contributed by atoms with Gasteiger partial charge in [0.15, 0.2) is 0 Å². The molecule has 4 heteroatoms. The maximum Gasteiger partial charge on any atom is 0.417 e. The van der Waals surface area contributed by atoms with Crippen LogP contribution in [0.15, 0.2) is 36.4 Å². The van der Waals surface area contributed by atoms with E-state index in [2.05, 4.69) is 0 Å². The molecule has 0 aliphatic rings. The normalized spacial score (nSPS) is 11.2. The van der Waals surface area contributed by atoms with Crippen molar-refractivity contribution in [2.45, 2.75) is 20.0 Å². The summed E-state index contributed by atoms with van der Waals surface area (Å²) in [4.78, 5) is 0. The molecule has 0 saturated carbocycles. The Morgan fingerprint density at radius 2 is 1.70 bits per heavy atom. The zero-order valence-corrected chi connectivity index (χ0v) is 11.0. The van der Waals surface area contributed by atoms with Crippen molar-refractivity contribution in [1.29, 1.82) is 5.26 Å². The summed E-state index contributed by atoms with van der Waals surface area (Å²) in [6, 6.07) is 10.6. The standard InChI is InChI=1S/C16H12F3N/c1-10-6-7-12(8-11(10)2)15-13(9-20)4-3-5-14(15)16(17,18)19/h3-8H,1-2H3. The predicted molar refractivity (Wildman–Crippen MR) is 71.1 cm³/mol. The summed E-state index contributed by atoms with van der Waals surface area (Å²) in [5.74, 6) is 0. The molecule has 20 heavy (non-hydrogen) atoms. The fourth-order valence-electron chi connectivity index (χ4n) is 2.09. The van der Waals surface area contributed by atoms with Crippen LogP contribution in [0.3, 0.4) is 0 Å². The van der Waals surface area contributed by atoms with Gasteiger partial charge in [0.05, 0.1) is 17.2 Å². The molecule has 0 fully saturated rings. The average molecular weight is 275 g/mol. The van der Waals surface area contributed by atoms with Gasteiger partial charge in [-0.25, -0.2) is 0 Å². The Morgan fingerprint density at radius 3 is 2.25 bits per heavy atom. The third-order valence-electron chi connectivity index (χ3n) is 3.29. The Labute approximate surface area is 115 Å². The minimum atomic E-state index is -4.49. The summed E-state index contributed by atoms with van der Waals surface area (Å²) < 4.78 is 39.4. The highest BCUT2D eigenvalue weighted by Crippen LogP contribution is 2.39. The maximum absolute atomic E-state index is 13.1. The number of benzene rings is 2. The molecule has 0 amide bonds. The SMILES string of the molecule is Cc1ccc(-c2c(C#N)cccc2C(F)(F)F)cc1C. The number of hydrogen-bond donors (Lipinski definition) is 0. The average Bonchev–Trinajstić information content (AvgIpc) is 2.40. The number of hydrogen-bond acceptors (Lipinski definition) is 1. The zero-order valence-electron chi connectivity index (χ0n) is 11.0. The smallest absolute Gasteiger partial charge is 0.192 e. The van der Waals surface area contributed by atoms with Crippen molar-refractivity contribution in [3.8, 4) is 17.2 Å². The van der Waals surface area contributed by atoms with Crippen LogP contribution in [0.2, 0.25) is 0 Å². The molecular weight excluding hydrogens is 263 g/mol. The first kappa shape index (κ1) is 14.1. The van der Waals surface area contributed by atoms with Gasteiger partial charge in [-0.1, -0.05) is 24.3 Å². The van der Waals surface area contributed by atoms with Crippen molar-refractivity contribution in [3.63, 3.8) is 0 Å². The van der Waals surface area contributed by atoms with Gasteiger partial charge >= 0.3 is 6.18 Å². The molecule has 0 unspecified atom stereocenters. The number of halogens is 3. The van der Waals surface area contributed by atoms with Crippen molar-refractivity contribution in [1.82, 2.24) is 0 Å². The minimum absolute atomic E-state index is 0.0306. The van der Waals surface area contributed by atoms with Crippen molar-refractivity contribution in [3.05, 3.63) is 58.7 Å². The topological polar surface area (TPSA) is 23.8 Å². The van der Waals surface area contributed by atoms with Crippen LogP contribution < -0.4 is 0 Å². The van der Waals surface area contributed by atoms with Crippen LogP contribution >= 0.6 is 0 Å². The monoisotopic (exact) mass is 275 g/mol. The van der Waals surface area contributed by atoms with Gasteiger partial charge in [0.1, 0.15) is 0 Å². The zero-order chi connectivity index (χ0) is 14.9. The number of alkyl halides is 3. The number of rotatable bonds is 1. The van der Waals surface area contributed by atoms with Gasteiger partial charge < -0.3 is 0 Å². The molecule has 0 bridgehead atoms. The van der Waals surface area contributed by atoms with Crippen LogP contribution in [-0.2, 0) is 6.18 Å². The Balaban J connectivity index is 2.78. The molecule has 2 aromatic rings. The van der Waals surface area contributed by atoms with Crippen LogP contribution in [0.1, 0.15) is 22.3 Å². The lowest BCUT2D eigenvalue weighted by Gasteiger charge is -2.15. The molecule has 0 radical (unpaired) electrons. The highest BCUT2D eigenvalue weighted by atomic mass is 19.4. The fraction of sp³-hybridized carbons (Fsp3) is 0.188. The minimum Gasteiger partial charge on any atom is -0.192 e. The van der Waals surface area contributed by atoms with Crippen molar-refractivity contribution >= 4 is 0 Å². The van der Waals surface area contributed by atoms with Gasteiger partial charge in [-0.15, -0.1) is 0 Å². The summed E-state index contributed by atoms with van der Waals surface area (Å²) in [6.45, 7) is 3.72. The van der Waals surface area contributed by atoms with E-state index in [4.69, 9.17) is 5.26 Å². The predicted octanol–water partition coefficient (Wildman–Crippen LogP) is 4.86. The van der Waals surface area contributed by atoms with Crippen LogP contribution in [0.5, 0.6) is 0 Å². The van der Waals surface area contributed by atoms with Crippen molar-refractivity contribution < 1.29 is 13.2 Å². The number of nitrogens with zero attached hydrogens (tertiary/aromatic N) is 1. The Kier molecular flexibility index (Phi) is 3.54. The molecule has 2 rings (SSSR count). The molecule has 2 aromatic carbocycles. The molecule has 0 aliphatic heterocycles. The molecule has 0 N–H and O–H groups in total. The second-order valence-electron chi connectivity index (χ2n) is 4.64. The van der Waals surface area contributed by atoms with E-state index in [1.807, 2.05) is 19.9 Å². The van der Waals surface area contributed by atoms with Gasteiger partial charge in [-0.3, -0.25) is 0 Å². The lowest BCUT2D eigenvalue weighted by atomic mass is 9.92. The van der Waals surface area contributed by atoms with Gasteiger partial charge in [-0.2, -0.15) is 18.4 Å². The third kappa shape index (κ3) is 2.53. The van der Waals surface area contributed by atoms with Crippen molar-refractivity contribution in [2.24, 2.45) is 0 Å². The van der Waals surface area contributed by atoms with Crippen LogP contribution in [-0.4, -0.2) is 0 Å². The highest BCUT2D eigenvalue weighted by Gasteiger charge is 2.34.